The lowest BCUT2D eigenvalue weighted by molar-refractivity contribution is -0.190. The number of ether oxygens (including phenoxy) is 1. The Hall–Kier alpha value is -1.40. The molecular formula is C7H6F4N2O. The van der Waals surface area contributed by atoms with Gasteiger partial charge in [0, 0.05) is 0 Å². The minimum Gasteiger partial charge on any atom is -0.465 e. The third kappa shape index (κ3) is 2.82. The molecule has 0 spiro atoms. The monoisotopic (exact) mass is 210 g/mol. The minimum atomic E-state index is -4.50. The average molecular weight is 210 g/mol. The van der Waals surface area contributed by atoms with Crippen molar-refractivity contribution >= 4 is 0 Å². The van der Waals surface area contributed by atoms with Crippen molar-refractivity contribution in [1.29, 1.82) is 0 Å². The van der Waals surface area contributed by atoms with E-state index in [0.29, 0.717) is 6.07 Å². The standard InChI is InChI=1S/C7H6F4N2O/c1-4(7(9,10)11)14-6-2-5(8)12-3-13-6/h2-4H,1H3. The molecule has 7 heteroatoms. The maximum atomic E-state index is 12.4. The molecule has 0 N–H and O–H groups in total. The Bertz CT molecular complexity index is 315. The molecule has 1 rings (SSSR count). The number of aromatic nitrogens is 2. The molecule has 0 aliphatic carbocycles. The summed E-state index contributed by atoms with van der Waals surface area (Å²) in [5, 5.41) is 0. The number of hydrogen-bond donors (Lipinski definition) is 0. The van der Waals surface area contributed by atoms with E-state index in [0.717, 1.165) is 13.3 Å². The molecule has 3 nitrogen and oxygen atoms in total. The van der Waals surface area contributed by atoms with E-state index in [9.17, 15) is 17.6 Å². The predicted molar refractivity (Wildman–Crippen MR) is 38.1 cm³/mol. The van der Waals surface area contributed by atoms with Crippen molar-refractivity contribution in [3.05, 3.63) is 18.3 Å². The molecule has 78 valence electrons. The van der Waals surface area contributed by atoms with Crippen LogP contribution in [-0.2, 0) is 0 Å². The van der Waals surface area contributed by atoms with Gasteiger partial charge in [-0.2, -0.15) is 17.6 Å². The molecule has 0 aromatic carbocycles. The lowest BCUT2D eigenvalue weighted by Gasteiger charge is -2.16. The molecule has 0 saturated carbocycles. The second-order valence-electron chi connectivity index (χ2n) is 2.48. The van der Waals surface area contributed by atoms with E-state index in [-0.39, 0.29) is 0 Å². The zero-order valence-corrected chi connectivity index (χ0v) is 7.05. The smallest absolute Gasteiger partial charge is 0.425 e. The molecule has 1 atom stereocenters. The highest BCUT2D eigenvalue weighted by Crippen LogP contribution is 2.23. The first-order valence-electron chi connectivity index (χ1n) is 3.60. The zero-order valence-electron chi connectivity index (χ0n) is 7.05. The van der Waals surface area contributed by atoms with E-state index >= 15 is 0 Å². The van der Waals surface area contributed by atoms with Gasteiger partial charge >= 0.3 is 6.18 Å². The fourth-order valence-electron chi connectivity index (χ4n) is 0.630. The third-order valence-electron chi connectivity index (χ3n) is 1.37. The van der Waals surface area contributed by atoms with Gasteiger partial charge in [-0.3, -0.25) is 0 Å². The summed E-state index contributed by atoms with van der Waals surface area (Å²) in [6.07, 6.45) is -5.74. The van der Waals surface area contributed by atoms with E-state index in [1.165, 1.54) is 0 Å². The van der Waals surface area contributed by atoms with Gasteiger partial charge in [0.05, 0.1) is 6.07 Å². The first-order chi connectivity index (χ1) is 6.39. The molecule has 0 aliphatic rings. The van der Waals surface area contributed by atoms with Crippen LogP contribution in [0.25, 0.3) is 0 Å². The van der Waals surface area contributed by atoms with Gasteiger partial charge in [0.15, 0.2) is 6.10 Å². The fourth-order valence-corrected chi connectivity index (χ4v) is 0.630. The largest absolute Gasteiger partial charge is 0.465 e. The summed E-state index contributed by atoms with van der Waals surface area (Å²) in [5.74, 6) is -1.38. The van der Waals surface area contributed by atoms with Crippen LogP contribution in [0.2, 0.25) is 0 Å². The summed E-state index contributed by atoms with van der Waals surface area (Å²) < 4.78 is 52.7. The SMILES string of the molecule is CC(Oc1cc(F)ncn1)C(F)(F)F. The van der Waals surface area contributed by atoms with Gasteiger partial charge in [0.2, 0.25) is 11.8 Å². The van der Waals surface area contributed by atoms with Gasteiger partial charge in [0.25, 0.3) is 0 Å². The topological polar surface area (TPSA) is 35.0 Å². The van der Waals surface area contributed by atoms with Crippen LogP contribution in [0.3, 0.4) is 0 Å². The van der Waals surface area contributed by atoms with E-state index < -0.39 is 24.1 Å². The summed E-state index contributed by atoms with van der Waals surface area (Å²) in [6, 6.07) is 0.683. The van der Waals surface area contributed by atoms with E-state index in [1.54, 1.807) is 0 Å². The molecule has 0 radical (unpaired) electrons. The van der Waals surface area contributed by atoms with Gasteiger partial charge < -0.3 is 4.74 Å². The van der Waals surface area contributed by atoms with Crippen LogP contribution in [0.4, 0.5) is 17.6 Å². The van der Waals surface area contributed by atoms with Crippen LogP contribution in [0, 0.1) is 5.95 Å². The lowest BCUT2D eigenvalue weighted by atomic mass is 10.4. The van der Waals surface area contributed by atoms with Gasteiger partial charge in [-0.1, -0.05) is 0 Å². The Morgan fingerprint density at radius 2 is 2.00 bits per heavy atom. The van der Waals surface area contributed by atoms with Crippen LogP contribution in [0.5, 0.6) is 5.88 Å². The molecule has 1 heterocycles. The Kier molecular flexibility index (Phi) is 2.87. The molecular weight excluding hydrogens is 204 g/mol. The van der Waals surface area contributed by atoms with Crippen molar-refractivity contribution in [2.24, 2.45) is 0 Å². The van der Waals surface area contributed by atoms with Crippen LogP contribution >= 0.6 is 0 Å². The Balaban J connectivity index is 2.70. The normalized spacial score (nSPS) is 13.8. The lowest BCUT2D eigenvalue weighted by Crippen LogP contribution is -2.31. The number of alkyl halides is 3. The molecule has 1 unspecified atom stereocenters. The number of halogens is 4. The van der Waals surface area contributed by atoms with Crippen LogP contribution in [0.1, 0.15) is 6.92 Å². The molecule has 0 saturated heterocycles. The van der Waals surface area contributed by atoms with Crippen molar-refractivity contribution in [3.8, 4) is 5.88 Å². The van der Waals surface area contributed by atoms with E-state index in [1.807, 2.05) is 0 Å². The van der Waals surface area contributed by atoms with Gasteiger partial charge in [-0.25, -0.2) is 9.97 Å². The minimum absolute atomic E-state index is 0.442. The van der Waals surface area contributed by atoms with Gasteiger partial charge in [-0.05, 0) is 6.92 Å². The Morgan fingerprint density at radius 3 is 2.50 bits per heavy atom. The Labute approximate surface area is 76.7 Å². The van der Waals surface area contributed by atoms with Gasteiger partial charge in [0.1, 0.15) is 6.33 Å². The quantitative estimate of drug-likeness (QED) is 0.552. The summed E-state index contributed by atoms with van der Waals surface area (Å²) in [5.41, 5.74) is 0. The zero-order chi connectivity index (χ0) is 10.8. The molecule has 14 heavy (non-hydrogen) atoms. The highest BCUT2D eigenvalue weighted by molar-refractivity contribution is 5.06. The maximum absolute atomic E-state index is 12.4. The number of rotatable bonds is 2. The molecule has 0 amide bonds. The second-order valence-corrected chi connectivity index (χ2v) is 2.48. The van der Waals surface area contributed by atoms with Crippen molar-refractivity contribution in [3.63, 3.8) is 0 Å². The first-order valence-corrected chi connectivity index (χ1v) is 3.60. The fraction of sp³-hybridized carbons (Fsp3) is 0.429. The predicted octanol–water partition coefficient (Wildman–Crippen LogP) is 1.95. The van der Waals surface area contributed by atoms with Crippen molar-refractivity contribution in [2.75, 3.05) is 0 Å². The first kappa shape index (κ1) is 10.7. The molecule has 0 aliphatic heterocycles. The summed E-state index contributed by atoms with van der Waals surface area (Å²) in [7, 11) is 0. The Morgan fingerprint density at radius 1 is 1.36 bits per heavy atom. The van der Waals surface area contributed by atoms with Crippen molar-refractivity contribution in [2.45, 2.75) is 19.2 Å². The molecule has 0 bridgehead atoms. The van der Waals surface area contributed by atoms with Crippen molar-refractivity contribution < 1.29 is 22.3 Å². The third-order valence-corrected chi connectivity index (χ3v) is 1.37. The molecule has 1 aromatic rings. The van der Waals surface area contributed by atoms with Crippen LogP contribution in [-0.4, -0.2) is 22.2 Å². The van der Waals surface area contributed by atoms with E-state index in [2.05, 4.69) is 14.7 Å². The highest BCUT2D eigenvalue weighted by atomic mass is 19.4. The average Bonchev–Trinajstić information content (AvgIpc) is 2.02. The van der Waals surface area contributed by atoms with Gasteiger partial charge in [-0.15, -0.1) is 0 Å². The van der Waals surface area contributed by atoms with Crippen LogP contribution in [0.15, 0.2) is 12.4 Å². The second kappa shape index (κ2) is 3.77. The van der Waals surface area contributed by atoms with Crippen LogP contribution < -0.4 is 4.74 Å². The summed E-state index contributed by atoms with van der Waals surface area (Å²) in [6.45, 7) is 0.806. The van der Waals surface area contributed by atoms with Crippen molar-refractivity contribution in [1.82, 2.24) is 9.97 Å². The summed E-state index contributed by atoms with van der Waals surface area (Å²) >= 11 is 0. The maximum Gasteiger partial charge on any atom is 0.425 e. The number of nitrogens with zero attached hydrogens (tertiary/aromatic N) is 2. The summed E-state index contributed by atoms with van der Waals surface area (Å²) in [4.78, 5) is 6.39. The number of hydrogen-bond acceptors (Lipinski definition) is 3. The van der Waals surface area contributed by atoms with E-state index in [4.69, 9.17) is 0 Å². The molecule has 1 aromatic heterocycles. The highest BCUT2D eigenvalue weighted by Gasteiger charge is 2.38. The molecule has 0 fully saturated rings.